The molecule has 21 heavy (non-hydrogen) atoms. The van der Waals surface area contributed by atoms with Crippen LogP contribution in [-0.2, 0) is 0 Å². The normalized spacial score (nSPS) is 12.7. The van der Waals surface area contributed by atoms with Crippen molar-refractivity contribution in [2.45, 2.75) is 33.2 Å². The molecule has 1 amide bonds. The molecule has 0 bridgehead atoms. The van der Waals surface area contributed by atoms with E-state index in [1.807, 2.05) is 19.1 Å². The zero-order chi connectivity index (χ0) is 15.0. The topological polar surface area (TPSA) is 42.0 Å². The molecular weight excluding hydrogens is 280 g/mol. The first kappa shape index (κ1) is 14.0. The van der Waals surface area contributed by atoms with Crippen LogP contribution in [-0.4, -0.2) is 16.9 Å². The Bertz CT molecular complexity index is 822. The fourth-order valence-corrected chi connectivity index (χ4v) is 3.19. The highest BCUT2D eigenvalue weighted by Crippen LogP contribution is 2.27. The van der Waals surface area contributed by atoms with Gasteiger partial charge in [-0.05, 0) is 44.5 Å². The molecule has 2 heterocycles. The van der Waals surface area contributed by atoms with Crippen LogP contribution in [0.3, 0.4) is 0 Å². The van der Waals surface area contributed by atoms with Crippen molar-refractivity contribution in [2.24, 2.45) is 0 Å². The number of pyridine rings is 1. The molecule has 1 aromatic carbocycles. The number of aromatic nitrogens is 1. The summed E-state index contributed by atoms with van der Waals surface area (Å²) in [6.07, 6.45) is 0.929. The lowest BCUT2D eigenvalue weighted by molar-refractivity contribution is 0.0943. The van der Waals surface area contributed by atoms with Gasteiger partial charge >= 0.3 is 0 Å². The van der Waals surface area contributed by atoms with Gasteiger partial charge < -0.3 is 5.32 Å². The zero-order valence-corrected chi connectivity index (χ0v) is 13.3. The molecule has 0 unspecified atom stereocenters. The number of thiophene rings is 1. The number of rotatable bonds is 3. The summed E-state index contributed by atoms with van der Waals surface area (Å²) in [6.45, 7) is 6.15. The Morgan fingerprint density at radius 2 is 2.10 bits per heavy atom. The molecule has 1 atom stereocenters. The quantitative estimate of drug-likeness (QED) is 0.784. The smallest absolute Gasteiger partial charge is 0.261 e. The fourth-order valence-electron chi connectivity index (χ4n) is 2.26. The van der Waals surface area contributed by atoms with Gasteiger partial charge in [-0.2, -0.15) is 0 Å². The molecule has 4 heteroatoms. The van der Waals surface area contributed by atoms with Crippen molar-refractivity contribution < 1.29 is 4.79 Å². The maximum atomic E-state index is 12.2. The number of nitrogens with zero attached hydrogens (tertiary/aromatic N) is 1. The lowest BCUT2D eigenvalue weighted by Crippen LogP contribution is -2.31. The van der Waals surface area contributed by atoms with Gasteiger partial charge in [0.2, 0.25) is 0 Å². The van der Waals surface area contributed by atoms with Crippen molar-refractivity contribution >= 4 is 38.4 Å². The maximum absolute atomic E-state index is 12.2. The number of amides is 1. The van der Waals surface area contributed by atoms with Crippen molar-refractivity contribution in [3.05, 3.63) is 40.8 Å². The predicted octanol–water partition coefficient (Wildman–Crippen LogP) is 4.29. The number of aryl methyl sites for hydroxylation is 1. The van der Waals surface area contributed by atoms with Gasteiger partial charge in [-0.3, -0.25) is 4.79 Å². The first-order chi connectivity index (χ1) is 10.1. The van der Waals surface area contributed by atoms with Crippen LogP contribution in [0.25, 0.3) is 21.1 Å². The van der Waals surface area contributed by atoms with Crippen LogP contribution in [0.1, 0.15) is 35.5 Å². The van der Waals surface area contributed by atoms with E-state index in [1.54, 1.807) is 0 Å². The van der Waals surface area contributed by atoms with Crippen LogP contribution in [0.2, 0.25) is 0 Å². The van der Waals surface area contributed by atoms with Crippen molar-refractivity contribution in [1.29, 1.82) is 0 Å². The Morgan fingerprint density at radius 3 is 2.86 bits per heavy atom. The zero-order valence-electron chi connectivity index (χ0n) is 12.4. The van der Waals surface area contributed by atoms with E-state index in [9.17, 15) is 4.79 Å². The second-order valence-electron chi connectivity index (χ2n) is 5.47. The Hall–Kier alpha value is -1.94. The van der Waals surface area contributed by atoms with E-state index in [-0.39, 0.29) is 11.9 Å². The maximum Gasteiger partial charge on any atom is 0.261 e. The Labute approximate surface area is 128 Å². The standard InChI is InChI=1S/C17H18N2OS/c1-4-11(3)18-16(20)15-9-13-8-12-7-10(2)5-6-14(12)19-17(13)21-15/h5-9,11H,4H2,1-3H3,(H,18,20)/t11-/m0/s1. The minimum atomic E-state index is -0.00686. The van der Waals surface area contributed by atoms with Gasteiger partial charge in [0.15, 0.2) is 0 Å². The molecule has 0 aliphatic heterocycles. The minimum Gasteiger partial charge on any atom is -0.349 e. The number of hydrogen-bond donors (Lipinski definition) is 1. The summed E-state index contributed by atoms with van der Waals surface area (Å²) in [5.74, 6) is -0.00686. The van der Waals surface area contributed by atoms with Gasteiger partial charge in [0.25, 0.3) is 5.91 Å². The molecule has 3 nitrogen and oxygen atoms in total. The van der Waals surface area contributed by atoms with Crippen LogP contribution in [0, 0.1) is 6.92 Å². The number of carbonyl (C=O) groups is 1. The Kier molecular flexibility index (Phi) is 3.64. The largest absolute Gasteiger partial charge is 0.349 e. The van der Waals surface area contributed by atoms with Crippen LogP contribution in [0.4, 0.5) is 0 Å². The number of hydrogen-bond acceptors (Lipinski definition) is 3. The molecule has 2 aromatic heterocycles. The van der Waals surface area contributed by atoms with E-state index in [4.69, 9.17) is 0 Å². The molecule has 0 saturated heterocycles. The first-order valence-corrected chi connectivity index (χ1v) is 8.00. The number of carbonyl (C=O) groups excluding carboxylic acids is 1. The van der Waals surface area contributed by atoms with Gasteiger partial charge in [0.05, 0.1) is 10.4 Å². The molecule has 3 aromatic rings. The second-order valence-corrected chi connectivity index (χ2v) is 6.50. The number of fused-ring (bicyclic) bond motifs is 2. The molecule has 1 N–H and O–H groups in total. The molecular formula is C17H18N2OS. The van der Waals surface area contributed by atoms with Crippen LogP contribution >= 0.6 is 11.3 Å². The van der Waals surface area contributed by atoms with Gasteiger partial charge in [-0.25, -0.2) is 4.98 Å². The summed E-state index contributed by atoms with van der Waals surface area (Å²) in [5, 5.41) is 5.16. The van der Waals surface area contributed by atoms with Crippen LogP contribution in [0.15, 0.2) is 30.3 Å². The van der Waals surface area contributed by atoms with Gasteiger partial charge in [0, 0.05) is 16.8 Å². The fraction of sp³-hybridized carbons (Fsp3) is 0.294. The van der Waals surface area contributed by atoms with Crippen molar-refractivity contribution in [3.8, 4) is 0 Å². The lowest BCUT2D eigenvalue weighted by Gasteiger charge is -2.09. The van der Waals surface area contributed by atoms with E-state index < -0.39 is 0 Å². The van der Waals surface area contributed by atoms with Crippen molar-refractivity contribution in [3.63, 3.8) is 0 Å². The number of nitrogens with one attached hydrogen (secondary N) is 1. The van der Waals surface area contributed by atoms with E-state index in [1.165, 1.54) is 16.9 Å². The van der Waals surface area contributed by atoms with Crippen molar-refractivity contribution in [1.82, 2.24) is 10.3 Å². The highest BCUT2D eigenvalue weighted by Gasteiger charge is 2.13. The van der Waals surface area contributed by atoms with Gasteiger partial charge in [0.1, 0.15) is 4.83 Å². The van der Waals surface area contributed by atoms with E-state index in [0.717, 1.165) is 32.4 Å². The summed E-state index contributed by atoms with van der Waals surface area (Å²) in [4.78, 5) is 18.5. The summed E-state index contributed by atoms with van der Waals surface area (Å²) in [5.41, 5.74) is 2.19. The molecule has 0 spiro atoms. The van der Waals surface area contributed by atoms with Crippen molar-refractivity contribution in [2.75, 3.05) is 0 Å². The van der Waals surface area contributed by atoms with Gasteiger partial charge in [-0.15, -0.1) is 11.3 Å². The summed E-state index contributed by atoms with van der Waals surface area (Å²) in [7, 11) is 0. The average molecular weight is 298 g/mol. The first-order valence-electron chi connectivity index (χ1n) is 7.18. The van der Waals surface area contributed by atoms with E-state index in [0.29, 0.717) is 0 Å². The average Bonchev–Trinajstić information content (AvgIpc) is 2.87. The monoisotopic (exact) mass is 298 g/mol. The highest BCUT2D eigenvalue weighted by atomic mass is 32.1. The van der Waals surface area contributed by atoms with E-state index >= 15 is 0 Å². The molecule has 0 saturated carbocycles. The van der Waals surface area contributed by atoms with E-state index in [2.05, 4.69) is 42.3 Å². The highest BCUT2D eigenvalue weighted by molar-refractivity contribution is 7.20. The lowest BCUT2D eigenvalue weighted by atomic mass is 10.1. The molecule has 108 valence electrons. The second kappa shape index (κ2) is 5.45. The summed E-state index contributed by atoms with van der Waals surface area (Å²) < 4.78 is 0. The predicted molar refractivity (Wildman–Crippen MR) is 89.1 cm³/mol. The molecule has 3 rings (SSSR count). The molecule has 0 fully saturated rings. The number of benzene rings is 1. The minimum absolute atomic E-state index is 0.00686. The molecule has 0 aliphatic rings. The third-order valence-corrected chi connectivity index (χ3v) is 4.71. The molecule has 0 aliphatic carbocycles. The summed E-state index contributed by atoms with van der Waals surface area (Å²) in [6, 6.07) is 10.5. The van der Waals surface area contributed by atoms with Crippen LogP contribution < -0.4 is 5.32 Å². The summed E-state index contributed by atoms with van der Waals surface area (Å²) >= 11 is 1.45. The SMILES string of the molecule is CC[C@H](C)NC(=O)c1cc2cc3cc(C)ccc3nc2s1. The van der Waals surface area contributed by atoms with Gasteiger partial charge in [-0.1, -0.05) is 18.6 Å². The Morgan fingerprint density at radius 1 is 1.29 bits per heavy atom. The molecule has 0 radical (unpaired) electrons. The third-order valence-electron chi connectivity index (χ3n) is 3.67. The Balaban J connectivity index is 2.03. The third kappa shape index (κ3) is 2.76. The van der Waals surface area contributed by atoms with Crippen LogP contribution in [0.5, 0.6) is 0 Å².